The molecule has 1 atom stereocenters. The molecule has 1 rings (SSSR count). The van der Waals surface area contributed by atoms with Crippen LogP contribution in [0.5, 0.6) is 0 Å². The molecule has 0 aromatic heterocycles. The zero-order valence-electron chi connectivity index (χ0n) is 9.45. The van der Waals surface area contributed by atoms with E-state index in [9.17, 15) is 0 Å². The van der Waals surface area contributed by atoms with E-state index in [4.69, 9.17) is 18.3 Å². The topological polar surface area (TPSA) is 40.2 Å². The average molecular weight is 222 g/mol. The van der Waals surface area contributed by atoms with Gasteiger partial charge in [-0.15, -0.1) is 0 Å². The minimum atomic E-state index is -0.589. The lowest BCUT2D eigenvalue weighted by atomic mass is 10.5. The normalized spacial score (nSPS) is 18.6. The fourth-order valence-electron chi connectivity index (χ4n) is 0.639. The second kappa shape index (κ2) is 11.1. The van der Waals surface area contributed by atoms with Crippen molar-refractivity contribution in [2.75, 3.05) is 33.0 Å². The van der Waals surface area contributed by atoms with Crippen molar-refractivity contribution < 1.29 is 18.3 Å². The van der Waals surface area contributed by atoms with Gasteiger partial charge in [0.25, 0.3) is 0 Å². The van der Waals surface area contributed by atoms with Crippen molar-refractivity contribution in [3.05, 3.63) is 0 Å². The van der Waals surface area contributed by atoms with Crippen LogP contribution in [0.4, 0.5) is 0 Å². The van der Waals surface area contributed by atoms with Gasteiger partial charge in [-0.2, -0.15) is 0 Å². The van der Waals surface area contributed by atoms with Gasteiger partial charge in [-0.3, -0.25) is 0 Å². The van der Waals surface area contributed by atoms with E-state index >= 15 is 0 Å². The molecule has 1 aliphatic rings. The molecule has 0 aliphatic carbocycles. The molecule has 1 aliphatic heterocycles. The minimum absolute atomic E-state index is 0.431. The van der Waals surface area contributed by atoms with Gasteiger partial charge in [-0.05, 0) is 20.8 Å². The quantitative estimate of drug-likeness (QED) is 0.357. The van der Waals surface area contributed by atoms with E-state index in [2.05, 4.69) is 0 Å². The Morgan fingerprint density at radius 3 is 2.07 bits per heavy atom. The van der Waals surface area contributed by atoms with Gasteiger partial charge in [0.05, 0.1) is 13.2 Å². The highest BCUT2D eigenvalue weighted by molar-refractivity contribution is 6.17. The highest BCUT2D eigenvalue weighted by atomic mass is 28.3. The van der Waals surface area contributed by atoms with Crippen molar-refractivity contribution >= 4 is 10.0 Å². The van der Waals surface area contributed by atoms with Crippen LogP contribution in [0, 0.1) is 0 Å². The summed E-state index contributed by atoms with van der Waals surface area (Å²) >= 11 is 0. The van der Waals surface area contributed by atoms with Gasteiger partial charge in [0.1, 0.15) is 6.10 Å². The van der Waals surface area contributed by atoms with Gasteiger partial charge in [-0.1, -0.05) is 0 Å². The van der Waals surface area contributed by atoms with Crippen LogP contribution < -0.4 is 0 Å². The smallest absolute Gasteiger partial charge is 0.304 e. The number of epoxide rings is 1. The third kappa shape index (κ3) is 12.1. The second-order valence-electron chi connectivity index (χ2n) is 2.72. The largest absolute Gasteiger partial charge is 0.399 e. The van der Waals surface area contributed by atoms with Gasteiger partial charge in [-0.25, -0.2) is 0 Å². The molecule has 5 heteroatoms. The van der Waals surface area contributed by atoms with Crippen molar-refractivity contribution in [2.24, 2.45) is 0 Å². The summed E-state index contributed by atoms with van der Waals surface area (Å²) in [5, 5.41) is 0. The summed E-state index contributed by atoms with van der Waals surface area (Å²) in [5.41, 5.74) is 0. The van der Waals surface area contributed by atoms with E-state index < -0.39 is 10.0 Å². The van der Waals surface area contributed by atoms with Crippen LogP contribution in [0.3, 0.4) is 0 Å². The summed E-state index contributed by atoms with van der Waals surface area (Å²) in [6, 6.07) is 0. The van der Waals surface area contributed by atoms with E-state index in [0.717, 1.165) is 33.0 Å². The summed E-state index contributed by atoms with van der Waals surface area (Å²) in [6.45, 7) is 10.0. The van der Waals surface area contributed by atoms with E-state index in [0.29, 0.717) is 6.10 Å². The lowest BCUT2D eigenvalue weighted by molar-refractivity contribution is 0.128. The third-order valence-corrected chi connectivity index (χ3v) is 2.63. The molecule has 86 valence electrons. The van der Waals surface area contributed by atoms with Crippen molar-refractivity contribution in [3.8, 4) is 0 Å². The molecule has 0 spiro atoms. The molecule has 0 saturated carbocycles. The lowest BCUT2D eigenvalue weighted by Crippen LogP contribution is -2.02. The van der Waals surface area contributed by atoms with E-state index in [1.54, 1.807) is 0 Å². The first kappa shape index (κ1) is 14.1. The van der Waals surface area contributed by atoms with Crippen LogP contribution in [0.25, 0.3) is 0 Å². The minimum Gasteiger partial charge on any atom is -0.399 e. The summed E-state index contributed by atoms with van der Waals surface area (Å²) in [7, 11) is -0.589. The van der Waals surface area contributed by atoms with Gasteiger partial charge in [0.15, 0.2) is 0 Å². The number of rotatable bonds is 7. The van der Waals surface area contributed by atoms with Gasteiger partial charge in [0.2, 0.25) is 0 Å². The maximum Gasteiger partial charge on any atom is 0.304 e. The monoisotopic (exact) mass is 222 g/mol. The van der Waals surface area contributed by atoms with Crippen molar-refractivity contribution in [1.29, 1.82) is 0 Å². The first-order valence-electron chi connectivity index (χ1n) is 5.19. The molecule has 0 radical (unpaired) electrons. The zero-order valence-corrected chi connectivity index (χ0v) is 10.9. The maximum atomic E-state index is 5.03. The summed E-state index contributed by atoms with van der Waals surface area (Å²) in [5.74, 6) is 0. The first-order valence-corrected chi connectivity index (χ1v) is 6.35. The van der Waals surface area contributed by atoms with Crippen LogP contribution in [0.1, 0.15) is 20.8 Å². The number of ether oxygens (including phenoxy) is 2. The Bertz CT molecular complexity index is 105. The maximum absolute atomic E-state index is 5.03. The Labute approximate surface area is 88.9 Å². The molecule has 1 unspecified atom stereocenters. The number of hydrogen-bond donors (Lipinski definition) is 0. The molecule has 4 nitrogen and oxygen atoms in total. The predicted octanol–water partition coefficient (Wildman–Crippen LogP) is 0.480. The van der Waals surface area contributed by atoms with Gasteiger partial charge >= 0.3 is 10.0 Å². The molecular weight excluding hydrogens is 200 g/mol. The average Bonchev–Trinajstić information content (AvgIpc) is 3.00. The molecular formula is C9H22O4Si. The van der Waals surface area contributed by atoms with Crippen LogP contribution >= 0.6 is 0 Å². The summed E-state index contributed by atoms with van der Waals surface area (Å²) in [4.78, 5) is 0. The SMILES string of the molecule is CCOCC1CO1.CCO[SiH2]OCC. The first-order chi connectivity index (χ1) is 6.85. The Balaban J connectivity index is 0.000000241. The van der Waals surface area contributed by atoms with Crippen molar-refractivity contribution in [1.82, 2.24) is 0 Å². The Hall–Kier alpha value is 0.0569. The van der Waals surface area contributed by atoms with Gasteiger partial charge in [0, 0.05) is 19.8 Å². The van der Waals surface area contributed by atoms with E-state index in [-0.39, 0.29) is 0 Å². The van der Waals surface area contributed by atoms with Gasteiger partial charge < -0.3 is 18.3 Å². The molecule has 1 fully saturated rings. The molecule has 1 saturated heterocycles. The van der Waals surface area contributed by atoms with Crippen LogP contribution in [-0.4, -0.2) is 49.1 Å². The Morgan fingerprint density at radius 2 is 1.71 bits per heavy atom. The Morgan fingerprint density at radius 1 is 1.14 bits per heavy atom. The molecule has 0 N–H and O–H groups in total. The lowest BCUT2D eigenvalue weighted by Gasteiger charge is -1.96. The molecule has 14 heavy (non-hydrogen) atoms. The third-order valence-electron chi connectivity index (χ3n) is 1.49. The standard InChI is InChI=1S/C5H10O2.C4H12O2Si/c1-2-6-3-5-4-7-5;1-3-5-7-6-4-2/h5H,2-4H2,1H3;3-4,7H2,1-2H3. The fraction of sp³-hybridized carbons (Fsp3) is 1.00. The second-order valence-corrected chi connectivity index (χ2v) is 3.77. The fourth-order valence-corrected chi connectivity index (χ4v) is 1.09. The van der Waals surface area contributed by atoms with E-state index in [1.165, 1.54) is 0 Å². The van der Waals surface area contributed by atoms with Crippen LogP contribution in [-0.2, 0) is 18.3 Å². The van der Waals surface area contributed by atoms with Crippen LogP contribution in [0.15, 0.2) is 0 Å². The predicted molar refractivity (Wildman–Crippen MR) is 58.0 cm³/mol. The Kier molecular flexibility index (Phi) is 11.2. The summed E-state index contributed by atoms with van der Waals surface area (Å²) < 4.78 is 19.9. The highest BCUT2D eigenvalue weighted by Gasteiger charge is 2.21. The van der Waals surface area contributed by atoms with Crippen molar-refractivity contribution in [3.63, 3.8) is 0 Å². The van der Waals surface area contributed by atoms with E-state index in [1.807, 2.05) is 20.8 Å². The number of hydrogen-bond acceptors (Lipinski definition) is 4. The van der Waals surface area contributed by atoms with Crippen LogP contribution in [0.2, 0.25) is 0 Å². The molecule has 1 heterocycles. The highest BCUT2D eigenvalue weighted by Crippen LogP contribution is 2.07. The zero-order chi connectivity index (χ0) is 10.6. The summed E-state index contributed by atoms with van der Waals surface area (Å²) in [6.07, 6.45) is 0.431. The van der Waals surface area contributed by atoms with Crippen molar-refractivity contribution in [2.45, 2.75) is 26.9 Å². The molecule has 0 aromatic rings. The molecule has 0 amide bonds. The molecule has 0 bridgehead atoms. The molecule has 0 aromatic carbocycles.